The average Bonchev–Trinajstić information content (AvgIpc) is 2.52. The Bertz CT molecular complexity index is 502. The van der Waals surface area contributed by atoms with Gasteiger partial charge in [-0.25, -0.2) is 0 Å². The molecule has 0 fully saturated rings. The molecule has 1 aliphatic rings. The number of hydrogen-bond acceptors (Lipinski definition) is 4. The second-order valence-electron chi connectivity index (χ2n) is 5.46. The summed E-state index contributed by atoms with van der Waals surface area (Å²) in [6, 6.07) is 4.48. The SMILES string of the molecule is C=CCN1CCc2cc(OC)c(OC)cc2C1C(N)CC. The van der Waals surface area contributed by atoms with Crippen LogP contribution in [0.25, 0.3) is 0 Å². The third kappa shape index (κ3) is 3.06. The highest BCUT2D eigenvalue weighted by Crippen LogP contribution is 2.39. The third-order valence-corrected chi connectivity index (χ3v) is 4.27. The van der Waals surface area contributed by atoms with Gasteiger partial charge >= 0.3 is 0 Å². The zero-order chi connectivity index (χ0) is 15.4. The summed E-state index contributed by atoms with van der Waals surface area (Å²) < 4.78 is 10.9. The van der Waals surface area contributed by atoms with Crippen LogP contribution >= 0.6 is 0 Å². The number of ether oxygens (including phenoxy) is 2. The maximum atomic E-state index is 6.40. The van der Waals surface area contributed by atoms with Crippen LogP contribution in [0.5, 0.6) is 11.5 Å². The molecule has 0 bridgehead atoms. The third-order valence-electron chi connectivity index (χ3n) is 4.27. The highest BCUT2D eigenvalue weighted by atomic mass is 16.5. The molecule has 0 aromatic heterocycles. The number of nitrogens with two attached hydrogens (primary N) is 1. The lowest BCUT2D eigenvalue weighted by Crippen LogP contribution is -2.44. The van der Waals surface area contributed by atoms with E-state index < -0.39 is 0 Å². The maximum Gasteiger partial charge on any atom is 0.161 e. The molecule has 2 atom stereocenters. The molecule has 1 aromatic carbocycles. The highest BCUT2D eigenvalue weighted by Gasteiger charge is 2.31. The molecule has 0 saturated carbocycles. The molecular weight excluding hydrogens is 264 g/mol. The van der Waals surface area contributed by atoms with Gasteiger partial charge in [0.1, 0.15) is 0 Å². The van der Waals surface area contributed by atoms with E-state index in [9.17, 15) is 0 Å². The Hall–Kier alpha value is -1.52. The molecule has 2 N–H and O–H groups in total. The van der Waals surface area contributed by atoms with Crippen molar-refractivity contribution < 1.29 is 9.47 Å². The summed E-state index contributed by atoms with van der Waals surface area (Å²) in [6.45, 7) is 7.84. The van der Waals surface area contributed by atoms with Gasteiger partial charge in [0.2, 0.25) is 0 Å². The number of benzene rings is 1. The molecule has 4 nitrogen and oxygen atoms in total. The first-order valence-electron chi connectivity index (χ1n) is 7.51. The summed E-state index contributed by atoms with van der Waals surface area (Å²) in [5.41, 5.74) is 8.96. The van der Waals surface area contributed by atoms with Crippen molar-refractivity contribution in [1.29, 1.82) is 0 Å². The summed E-state index contributed by atoms with van der Waals surface area (Å²) in [5.74, 6) is 1.56. The fourth-order valence-corrected chi connectivity index (χ4v) is 3.12. The molecule has 4 heteroatoms. The lowest BCUT2D eigenvalue weighted by Gasteiger charge is -2.40. The van der Waals surface area contributed by atoms with Gasteiger partial charge in [-0.2, -0.15) is 0 Å². The molecule has 2 unspecified atom stereocenters. The average molecular weight is 290 g/mol. The summed E-state index contributed by atoms with van der Waals surface area (Å²) in [5, 5.41) is 0. The van der Waals surface area contributed by atoms with Gasteiger partial charge in [-0.15, -0.1) is 6.58 Å². The van der Waals surface area contributed by atoms with E-state index in [1.165, 1.54) is 11.1 Å². The Morgan fingerprint density at radius 3 is 2.62 bits per heavy atom. The van der Waals surface area contributed by atoms with Gasteiger partial charge in [0, 0.05) is 19.1 Å². The zero-order valence-electron chi connectivity index (χ0n) is 13.3. The van der Waals surface area contributed by atoms with E-state index >= 15 is 0 Å². The predicted molar refractivity (Wildman–Crippen MR) is 86.0 cm³/mol. The number of fused-ring (bicyclic) bond motifs is 1. The lowest BCUT2D eigenvalue weighted by atomic mass is 9.87. The van der Waals surface area contributed by atoms with Gasteiger partial charge in [0.15, 0.2) is 11.5 Å². The van der Waals surface area contributed by atoms with E-state index in [0.717, 1.165) is 37.4 Å². The lowest BCUT2D eigenvalue weighted by molar-refractivity contribution is 0.175. The molecule has 1 aromatic rings. The van der Waals surface area contributed by atoms with Gasteiger partial charge in [-0.1, -0.05) is 13.0 Å². The van der Waals surface area contributed by atoms with E-state index in [-0.39, 0.29) is 12.1 Å². The van der Waals surface area contributed by atoms with Gasteiger partial charge < -0.3 is 15.2 Å². The van der Waals surface area contributed by atoms with Crippen LogP contribution in [0.1, 0.15) is 30.5 Å². The van der Waals surface area contributed by atoms with Crippen molar-refractivity contribution in [2.75, 3.05) is 27.3 Å². The van der Waals surface area contributed by atoms with Gasteiger partial charge in [0.25, 0.3) is 0 Å². The molecule has 0 saturated heterocycles. The summed E-state index contributed by atoms with van der Waals surface area (Å²) in [4.78, 5) is 2.40. The van der Waals surface area contributed by atoms with Crippen LogP contribution < -0.4 is 15.2 Å². The van der Waals surface area contributed by atoms with E-state index in [1.807, 2.05) is 6.08 Å². The van der Waals surface area contributed by atoms with Gasteiger partial charge in [-0.3, -0.25) is 4.90 Å². The number of rotatable bonds is 6. The van der Waals surface area contributed by atoms with Gasteiger partial charge in [-0.05, 0) is 36.1 Å². The molecule has 2 rings (SSSR count). The minimum atomic E-state index is 0.0992. The molecule has 21 heavy (non-hydrogen) atoms. The molecule has 116 valence electrons. The topological polar surface area (TPSA) is 47.7 Å². The minimum Gasteiger partial charge on any atom is -0.493 e. The Morgan fingerprint density at radius 2 is 2.05 bits per heavy atom. The monoisotopic (exact) mass is 290 g/mol. The zero-order valence-corrected chi connectivity index (χ0v) is 13.3. The van der Waals surface area contributed by atoms with Crippen LogP contribution in [0.3, 0.4) is 0 Å². The van der Waals surface area contributed by atoms with Crippen LogP contribution in [-0.2, 0) is 6.42 Å². The van der Waals surface area contributed by atoms with Crippen molar-refractivity contribution >= 4 is 0 Å². The highest BCUT2D eigenvalue weighted by molar-refractivity contribution is 5.49. The molecule has 0 spiro atoms. The Morgan fingerprint density at radius 1 is 1.38 bits per heavy atom. The van der Waals surface area contributed by atoms with E-state index in [1.54, 1.807) is 14.2 Å². The summed E-state index contributed by atoms with van der Waals surface area (Å²) >= 11 is 0. The Kier molecular flexibility index (Phi) is 5.26. The first-order chi connectivity index (χ1) is 10.2. The van der Waals surface area contributed by atoms with Crippen LogP contribution in [0.15, 0.2) is 24.8 Å². The standard InChI is InChI=1S/C17H26N2O2/c1-5-8-19-9-7-12-10-15(20-3)16(21-4)11-13(12)17(19)14(18)6-2/h5,10-11,14,17H,1,6-9,18H2,2-4H3. The normalized spacial score (nSPS) is 19.7. The van der Waals surface area contributed by atoms with Crippen molar-refractivity contribution in [3.63, 3.8) is 0 Å². The number of methoxy groups -OCH3 is 2. The van der Waals surface area contributed by atoms with Crippen LogP contribution in [0.2, 0.25) is 0 Å². The second-order valence-corrected chi connectivity index (χ2v) is 5.46. The summed E-state index contributed by atoms with van der Waals surface area (Å²) in [6.07, 6.45) is 3.88. The van der Waals surface area contributed by atoms with Crippen molar-refractivity contribution in [1.82, 2.24) is 4.90 Å². The first kappa shape index (κ1) is 15.9. The fourth-order valence-electron chi connectivity index (χ4n) is 3.12. The quantitative estimate of drug-likeness (QED) is 0.818. The van der Waals surface area contributed by atoms with Crippen molar-refractivity contribution in [3.05, 3.63) is 35.9 Å². The van der Waals surface area contributed by atoms with Gasteiger partial charge in [0.05, 0.1) is 20.3 Å². The van der Waals surface area contributed by atoms with E-state index in [0.29, 0.717) is 0 Å². The van der Waals surface area contributed by atoms with Crippen LogP contribution in [-0.4, -0.2) is 38.3 Å². The number of hydrogen-bond donors (Lipinski definition) is 1. The molecule has 0 radical (unpaired) electrons. The maximum absolute atomic E-state index is 6.40. The molecule has 1 aliphatic heterocycles. The minimum absolute atomic E-state index is 0.0992. The molecular formula is C17H26N2O2. The van der Waals surface area contributed by atoms with Crippen molar-refractivity contribution in [2.24, 2.45) is 5.73 Å². The molecule has 0 aliphatic carbocycles. The van der Waals surface area contributed by atoms with Crippen LogP contribution in [0.4, 0.5) is 0 Å². The fraction of sp³-hybridized carbons (Fsp3) is 0.529. The van der Waals surface area contributed by atoms with Crippen molar-refractivity contribution in [2.45, 2.75) is 31.8 Å². The Balaban J connectivity index is 2.48. The van der Waals surface area contributed by atoms with Crippen LogP contribution in [0, 0.1) is 0 Å². The first-order valence-corrected chi connectivity index (χ1v) is 7.51. The molecule has 1 heterocycles. The largest absolute Gasteiger partial charge is 0.493 e. The summed E-state index contributed by atoms with van der Waals surface area (Å²) in [7, 11) is 3.34. The Labute approximate surface area is 127 Å². The second kappa shape index (κ2) is 6.96. The van der Waals surface area contributed by atoms with E-state index in [2.05, 4.69) is 30.5 Å². The molecule has 0 amide bonds. The smallest absolute Gasteiger partial charge is 0.161 e. The number of nitrogens with zero attached hydrogens (tertiary/aromatic N) is 1. The van der Waals surface area contributed by atoms with Crippen molar-refractivity contribution in [3.8, 4) is 11.5 Å². The van der Waals surface area contributed by atoms with E-state index in [4.69, 9.17) is 15.2 Å². The predicted octanol–water partition coefficient (Wildman–Crippen LogP) is 2.53.